The molecule has 0 spiro atoms. The van der Waals surface area contributed by atoms with Gasteiger partial charge in [-0.15, -0.1) is 11.3 Å². The number of hydrogen-bond acceptors (Lipinski definition) is 5. The molecule has 0 radical (unpaired) electrons. The van der Waals surface area contributed by atoms with Gasteiger partial charge < -0.3 is 14.2 Å². The zero-order valence-corrected chi connectivity index (χ0v) is 19.4. The molecule has 1 aliphatic heterocycles. The number of benzene rings is 2. The number of carbonyl (C=O) groups excluding carboxylic acids is 1. The lowest BCUT2D eigenvalue weighted by Crippen LogP contribution is -2.27. The van der Waals surface area contributed by atoms with Crippen molar-refractivity contribution in [1.82, 2.24) is 14.5 Å². The fourth-order valence-corrected chi connectivity index (χ4v) is 5.22. The van der Waals surface area contributed by atoms with E-state index in [1.165, 1.54) is 5.39 Å². The van der Waals surface area contributed by atoms with Gasteiger partial charge in [0.15, 0.2) is 4.80 Å². The van der Waals surface area contributed by atoms with Crippen LogP contribution in [0.25, 0.3) is 22.0 Å². The van der Waals surface area contributed by atoms with E-state index in [4.69, 9.17) is 9.73 Å². The highest BCUT2D eigenvalue weighted by Crippen LogP contribution is 2.28. The zero-order valence-electron chi connectivity index (χ0n) is 18.6. The van der Waals surface area contributed by atoms with Crippen molar-refractivity contribution in [3.8, 4) is 17.0 Å². The van der Waals surface area contributed by atoms with Gasteiger partial charge in [0.1, 0.15) is 5.75 Å². The van der Waals surface area contributed by atoms with Crippen LogP contribution in [0.3, 0.4) is 0 Å². The first-order chi connectivity index (χ1) is 16.2. The predicted octanol–water partition coefficient (Wildman–Crippen LogP) is 5.02. The molecule has 0 bridgehead atoms. The minimum Gasteiger partial charge on any atom is -0.497 e. The normalized spacial score (nSPS) is 14.4. The summed E-state index contributed by atoms with van der Waals surface area (Å²) in [4.78, 5) is 24.0. The maximum atomic E-state index is 12.0. The van der Waals surface area contributed by atoms with E-state index < -0.39 is 0 Å². The molecule has 0 N–H and O–H groups in total. The molecule has 0 aliphatic carbocycles. The second-order valence-corrected chi connectivity index (χ2v) is 8.98. The third-order valence-electron chi connectivity index (χ3n) is 5.99. The summed E-state index contributed by atoms with van der Waals surface area (Å²) in [6.45, 7) is 2.45. The summed E-state index contributed by atoms with van der Waals surface area (Å²) in [5.41, 5.74) is 3.11. The number of amides is 1. The average Bonchev–Trinajstić information content (AvgIpc) is 3.45. The first kappa shape index (κ1) is 21.4. The monoisotopic (exact) mass is 458 g/mol. The van der Waals surface area contributed by atoms with Gasteiger partial charge in [-0.1, -0.05) is 18.2 Å². The number of nitrogens with zero attached hydrogens (tertiary/aromatic N) is 4. The van der Waals surface area contributed by atoms with Gasteiger partial charge in [0.05, 0.1) is 24.7 Å². The van der Waals surface area contributed by atoms with Gasteiger partial charge in [-0.05, 0) is 59.5 Å². The van der Waals surface area contributed by atoms with Crippen molar-refractivity contribution in [1.29, 1.82) is 0 Å². The lowest BCUT2D eigenvalue weighted by Gasteiger charge is -2.16. The van der Waals surface area contributed by atoms with Crippen LogP contribution < -0.4 is 9.54 Å². The molecule has 5 rings (SSSR count). The highest BCUT2D eigenvalue weighted by atomic mass is 32.1. The SMILES string of the molecule is COc1ccc2cc(-c3csc(=Nc4cccnc4)n3CCCN3CCCC3=O)ccc2c1. The molecule has 1 amide bonds. The van der Waals surface area contributed by atoms with E-state index >= 15 is 0 Å². The van der Waals surface area contributed by atoms with Gasteiger partial charge in [0, 0.05) is 37.6 Å². The molecule has 0 atom stereocenters. The van der Waals surface area contributed by atoms with Gasteiger partial charge in [-0.3, -0.25) is 9.78 Å². The van der Waals surface area contributed by atoms with Gasteiger partial charge in [-0.25, -0.2) is 4.99 Å². The first-order valence-electron chi connectivity index (χ1n) is 11.2. The van der Waals surface area contributed by atoms with Crippen molar-refractivity contribution in [2.24, 2.45) is 4.99 Å². The Morgan fingerprint density at radius 2 is 2.00 bits per heavy atom. The Morgan fingerprint density at radius 3 is 2.79 bits per heavy atom. The number of likely N-dealkylation sites (tertiary alicyclic amines) is 1. The summed E-state index contributed by atoms with van der Waals surface area (Å²) < 4.78 is 7.63. The molecule has 7 heteroatoms. The molecule has 168 valence electrons. The molecule has 0 saturated carbocycles. The molecule has 4 aromatic rings. The average molecular weight is 459 g/mol. The van der Waals surface area contributed by atoms with Crippen LogP contribution >= 0.6 is 11.3 Å². The van der Waals surface area contributed by atoms with Crippen molar-refractivity contribution in [2.45, 2.75) is 25.8 Å². The number of ether oxygens (including phenoxy) is 1. The highest BCUT2D eigenvalue weighted by molar-refractivity contribution is 7.07. The van der Waals surface area contributed by atoms with Crippen molar-refractivity contribution in [3.05, 3.63) is 71.1 Å². The molecule has 6 nitrogen and oxygen atoms in total. The fourth-order valence-electron chi connectivity index (χ4n) is 4.27. The molecular weight excluding hydrogens is 432 g/mol. The summed E-state index contributed by atoms with van der Waals surface area (Å²) in [5.74, 6) is 1.13. The minimum atomic E-state index is 0.274. The molecular formula is C26H26N4O2S. The third kappa shape index (κ3) is 4.68. The van der Waals surface area contributed by atoms with E-state index in [1.807, 2.05) is 23.1 Å². The molecule has 1 aliphatic rings. The van der Waals surface area contributed by atoms with E-state index in [0.29, 0.717) is 6.42 Å². The number of hydrogen-bond donors (Lipinski definition) is 0. The Balaban J connectivity index is 1.50. The number of pyridine rings is 1. The van der Waals surface area contributed by atoms with E-state index in [0.717, 1.165) is 65.4 Å². The third-order valence-corrected chi connectivity index (χ3v) is 6.86. The molecule has 1 saturated heterocycles. The Morgan fingerprint density at radius 1 is 1.12 bits per heavy atom. The van der Waals surface area contributed by atoms with Gasteiger partial charge in [0.25, 0.3) is 0 Å². The van der Waals surface area contributed by atoms with Crippen LogP contribution in [0.15, 0.2) is 71.3 Å². The maximum Gasteiger partial charge on any atom is 0.222 e. The Hall–Kier alpha value is -3.45. The van der Waals surface area contributed by atoms with Crippen LogP contribution in [0.4, 0.5) is 5.69 Å². The number of rotatable bonds is 7. The van der Waals surface area contributed by atoms with Crippen LogP contribution in [0.1, 0.15) is 19.3 Å². The quantitative estimate of drug-likeness (QED) is 0.391. The number of methoxy groups -OCH3 is 1. The molecule has 33 heavy (non-hydrogen) atoms. The van der Waals surface area contributed by atoms with Crippen LogP contribution in [-0.4, -0.2) is 40.6 Å². The van der Waals surface area contributed by atoms with E-state index in [1.54, 1.807) is 30.8 Å². The summed E-state index contributed by atoms with van der Waals surface area (Å²) >= 11 is 1.63. The molecule has 2 aromatic heterocycles. The van der Waals surface area contributed by atoms with E-state index in [-0.39, 0.29) is 5.91 Å². The maximum absolute atomic E-state index is 12.0. The van der Waals surface area contributed by atoms with Crippen LogP contribution in [0.2, 0.25) is 0 Å². The molecule has 1 fully saturated rings. The molecule has 3 heterocycles. The van der Waals surface area contributed by atoms with Gasteiger partial charge >= 0.3 is 0 Å². The van der Waals surface area contributed by atoms with Crippen LogP contribution in [0, 0.1) is 0 Å². The standard InChI is InChI=1S/C26H26N4O2S/c1-32-23-10-9-19-15-21(8-7-20(19)16-23)24-18-33-26(28-22-5-2-11-27-17-22)30(24)14-4-13-29-12-3-6-25(29)31/h2,5,7-11,15-18H,3-4,6,12-14H2,1H3. The number of carbonyl (C=O) groups is 1. The number of fused-ring (bicyclic) bond motifs is 1. The largest absolute Gasteiger partial charge is 0.497 e. The topological polar surface area (TPSA) is 59.7 Å². The summed E-state index contributed by atoms with van der Waals surface area (Å²) in [6.07, 6.45) is 6.07. The summed E-state index contributed by atoms with van der Waals surface area (Å²) in [6, 6.07) is 16.5. The smallest absolute Gasteiger partial charge is 0.222 e. The van der Waals surface area contributed by atoms with Crippen LogP contribution in [0.5, 0.6) is 5.75 Å². The van der Waals surface area contributed by atoms with Crippen LogP contribution in [-0.2, 0) is 11.3 Å². The van der Waals surface area contributed by atoms with Crippen molar-refractivity contribution in [3.63, 3.8) is 0 Å². The van der Waals surface area contributed by atoms with E-state index in [9.17, 15) is 4.79 Å². The molecule has 0 unspecified atom stereocenters. The zero-order chi connectivity index (χ0) is 22.6. The first-order valence-corrected chi connectivity index (χ1v) is 12.1. The molecule has 2 aromatic carbocycles. The number of thiazole rings is 1. The second kappa shape index (κ2) is 9.58. The van der Waals surface area contributed by atoms with Crippen molar-refractivity contribution in [2.75, 3.05) is 20.2 Å². The lowest BCUT2D eigenvalue weighted by atomic mass is 10.0. The van der Waals surface area contributed by atoms with Gasteiger partial charge in [0.2, 0.25) is 5.91 Å². The Labute approximate surface area is 196 Å². The number of aromatic nitrogens is 2. The fraction of sp³-hybridized carbons (Fsp3) is 0.269. The summed E-state index contributed by atoms with van der Waals surface area (Å²) in [5, 5.41) is 4.48. The Kier molecular flexibility index (Phi) is 6.21. The van der Waals surface area contributed by atoms with E-state index in [2.05, 4.69) is 45.3 Å². The second-order valence-electron chi connectivity index (χ2n) is 8.14. The van der Waals surface area contributed by atoms with Gasteiger partial charge in [-0.2, -0.15) is 0 Å². The van der Waals surface area contributed by atoms with Crippen molar-refractivity contribution >= 4 is 33.7 Å². The van der Waals surface area contributed by atoms with Crippen molar-refractivity contribution < 1.29 is 9.53 Å². The predicted molar refractivity (Wildman–Crippen MR) is 132 cm³/mol. The minimum absolute atomic E-state index is 0.274. The summed E-state index contributed by atoms with van der Waals surface area (Å²) in [7, 11) is 1.69. The highest BCUT2D eigenvalue weighted by Gasteiger charge is 2.19. The lowest BCUT2D eigenvalue weighted by molar-refractivity contribution is -0.127. The Bertz CT molecular complexity index is 1340.